The highest BCUT2D eigenvalue weighted by atomic mass is 16.5. The van der Waals surface area contributed by atoms with E-state index >= 15 is 0 Å². The monoisotopic (exact) mass is 357 g/mol. The number of methoxy groups -OCH3 is 2. The molecule has 1 aliphatic heterocycles. The molecular formula is C20H27N3O3. The highest BCUT2D eigenvalue weighted by Crippen LogP contribution is 2.32. The molecule has 1 N–H and O–H groups in total. The van der Waals surface area contributed by atoms with Gasteiger partial charge in [-0.1, -0.05) is 12.1 Å². The Hall–Kier alpha value is -2.31. The predicted octanol–water partition coefficient (Wildman–Crippen LogP) is 2.89. The van der Waals surface area contributed by atoms with Gasteiger partial charge < -0.3 is 19.5 Å². The molecule has 6 heteroatoms. The third-order valence-electron chi connectivity index (χ3n) is 4.64. The molecule has 1 saturated heterocycles. The van der Waals surface area contributed by atoms with E-state index in [1.54, 1.807) is 14.2 Å². The molecule has 0 saturated carbocycles. The Labute approximate surface area is 155 Å². The third kappa shape index (κ3) is 4.45. The SMILES string of the molecule is COc1ccc(C(CNc2cccc(C)n2)N2CCOCC2)cc1OC. The van der Waals surface area contributed by atoms with Crippen LogP contribution in [0.2, 0.25) is 0 Å². The molecule has 26 heavy (non-hydrogen) atoms. The summed E-state index contributed by atoms with van der Waals surface area (Å²) in [5.74, 6) is 2.38. The minimum atomic E-state index is 0.195. The average molecular weight is 357 g/mol. The zero-order valence-corrected chi connectivity index (χ0v) is 15.7. The lowest BCUT2D eigenvalue weighted by atomic mass is 10.0. The largest absolute Gasteiger partial charge is 0.493 e. The molecular weight excluding hydrogens is 330 g/mol. The zero-order valence-electron chi connectivity index (χ0n) is 15.7. The van der Waals surface area contributed by atoms with Crippen LogP contribution in [-0.4, -0.2) is 57.0 Å². The number of nitrogens with one attached hydrogen (secondary N) is 1. The van der Waals surface area contributed by atoms with Gasteiger partial charge in [-0.3, -0.25) is 4.90 Å². The number of ether oxygens (including phenoxy) is 3. The van der Waals surface area contributed by atoms with E-state index in [-0.39, 0.29) is 6.04 Å². The molecule has 140 valence electrons. The van der Waals surface area contributed by atoms with Crippen molar-refractivity contribution in [1.29, 1.82) is 0 Å². The molecule has 1 unspecified atom stereocenters. The first kappa shape index (κ1) is 18.5. The Kier molecular flexibility index (Phi) is 6.30. The molecule has 1 aliphatic rings. The molecule has 0 spiro atoms. The number of benzene rings is 1. The smallest absolute Gasteiger partial charge is 0.161 e. The summed E-state index contributed by atoms with van der Waals surface area (Å²) in [5, 5.41) is 3.48. The number of nitrogens with zero attached hydrogens (tertiary/aromatic N) is 2. The molecule has 1 aromatic carbocycles. The van der Waals surface area contributed by atoms with Gasteiger partial charge in [-0.25, -0.2) is 4.98 Å². The first-order chi connectivity index (χ1) is 12.7. The number of aromatic nitrogens is 1. The second kappa shape index (κ2) is 8.87. The van der Waals surface area contributed by atoms with Gasteiger partial charge in [-0.2, -0.15) is 0 Å². The van der Waals surface area contributed by atoms with E-state index in [1.807, 2.05) is 31.2 Å². The fourth-order valence-electron chi connectivity index (χ4n) is 3.25. The van der Waals surface area contributed by atoms with Gasteiger partial charge in [0.05, 0.1) is 33.5 Å². The van der Waals surface area contributed by atoms with Gasteiger partial charge in [0.2, 0.25) is 0 Å². The number of pyridine rings is 1. The predicted molar refractivity (Wildman–Crippen MR) is 102 cm³/mol. The number of rotatable bonds is 7. The van der Waals surface area contributed by atoms with Crippen molar-refractivity contribution in [2.45, 2.75) is 13.0 Å². The number of morpholine rings is 1. The van der Waals surface area contributed by atoms with E-state index < -0.39 is 0 Å². The number of anilines is 1. The van der Waals surface area contributed by atoms with E-state index in [2.05, 4.69) is 27.3 Å². The van der Waals surface area contributed by atoms with Crippen LogP contribution in [0, 0.1) is 6.92 Å². The minimum Gasteiger partial charge on any atom is -0.493 e. The second-order valence-corrected chi connectivity index (χ2v) is 6.32. The van der Waals surface area contributed by atoms with E-state index in [0.717, 1.165) is 55.9 Å². The van der Waals surface area contributed by atoms with Crippen molar-refractivity contribution in [3.63, 3.8) is 0 Å². The Morgan fingerprint density at radius 1 is 1.12 bits per heavy atom. The highest BCUT2D eigenvalue weighted by Gasteiger charge is 2.23. The Morgan fingerprint density at radius 3 is 2.58 bits per heavy atom. The Balaban J connectivity index is 1.83. The molecule has 1 atom stereocenters. The average Bonchev–Trinajstić information content (AvgIpc) is 2.69. The molecule has 1 aromatic heterocycles. The van der Waals surface area contributed by atoms with Gasteiger partial charge in [-0.15, -0.1) is 0 Å². The molecule has 0 bridgehead atoms. The molecule has 3 rings (SSSR count). The summed E-state index contributed by atoms with van der Waals surface area (Å²) < 4.78 is 16.4. The van der Waals surface area contributed by atoms with Crippen molar-refractivity contribution in [3.05, 3.63) is 47.7 Å². The van der Waals surface area contributed by atoms with Crippen LogP contribution in [0.4, 0.5) is 5.82 Å². The van der Waals surface area contributed by atoms with Crippen LogP contribution < -0.4 is 14.8 Å². The maximum Gasteiger partial charge on any atom is 0.161 e. The van der Waals surface area contributed by atoms with E-state index in [9.17, 15) is 0 Å². The summed E-state index contributed by atoms with van der Waals surface area (Å²) in [6.07, 6.45) is 0. The topological polar surface area (TPSA) is 55.9 Å². The summed E-state index contributed by atoms with van der Waals surface area (Å²) in [6.45, 7) is 6.08. The lowest BCUT2D eigenvalue weighted by molar-refractivity contribution is 0.0186. The van der Waals surface area contributed by atoms with Crippen molar-refractivity contribution in [3.8, 4) is 11.5 Å². The fraction of sp³-hybridized carbons (Fsp3) is 0.450. The van der Waals surface area contributed by atoms with E-state index in [1.165, 1.54) is 5.56 Å². The van der Waals surface area contributed by atoms with Crippen molar-refractivity contribution >= 4 is 5.82 Å². The van der Waals surface area contributed by atoms with Gasteiger partial charge in [0, 0.05) is 25.3 Å². The van der Waals surface area contributed by atoms with Crippen molar-refractivity contribution in [2.24, 2.45) is 0 Å². The van der Waals surface area contributed by atoms with Crippen LogP contribution in [0.5, 0.6) is 11.5 Å². The van der Waals surface area contributed by atoms with Crippen molar-refractivity contribution < 1.29 is 14.2 Å². The van der Waals surface area contributed by atoms with Crippen LogP contribution in [-0.2, 0) is 4.74 Å². The first-order valence-corrected chi connectivity index (χ1v) is 8.92. The summed E-state index contributed by atoms with van der Waals surface area (Å²) in [7, 11) is 3.32. The number of aryl methyl sites for hydroxylation is 1. The normalized spacial score (nSPS) is 16.1. The minimum absolute atomic E-state index is 0.195. The number of hydrogen-bond acceptors (Lipinski definition) is 6. The van der Waals surface area contributed by atoms with Crippen LogP contribution in [0.1, 0.15) is 17.3 Å². The van der Waals surface area contributed by atoms with Crippen molar-refractivity contribution in [2.75, 3.05) is 52.4 Å². The maximum absolute atomic E-state index is 5.53. The fourth-order valence-corrected chi connectivity index (χ4v) is 3.25. The summed E-state index contributed by atoms with van der Waals surface area (Å²) in [4.78, 5) is 6.98. The molecule has 0 aliphatic carbocycles. The molecule has 2 heterocycles. The summed E-state index contributed by atoms with van der Waals surface area (Å²) in [5.41, 5.74) is 2.19. The van der Waals surface area contributed by atoms with Crippen molar-refractivity contribution in [1.82, 2.24) is 9.88 Å². The van der Waals surface area contributed by atoms with Gasteiger partial charge in [0.15, 0.2) is 11.5 Å². The lowest BCUT2D eigenvalue weighted by Gasteiger charge is -2.35. The van der Waals surface area contributed by atoms with Gasteiger partial charge in [0.25, 0.3) is 0 Å². The maximum atomic E-state index is 5.53. The van der Waals surface area contributed by atoms with E-state index in [4.69, 9.17) is 14.2 Å². The Morgan fingerprint density at radius 2 is 1.88 bits per heavy atom. The molecule has 2 aromatic rings. The van der Waals surface area contributed by atoms with Crippen LogP contribution >= 0.6 is 0 Å². The molecule has 6 nitrogen and oxygen atoms in total. The molecule has 0 amide bonds. The lowest BCUT2D eigenvalue weighted by Crippen LogP contribution is -2.41. The molecule has 1 fully saturated rings. The van der Waals surface area contributed by atoms with Gasteiger partial charge in [0.1, 0.15) is 5.82 Å². The van der Waals surface area contributed by atoms with Crippen LogP contribution in [0.25, 0.3) is 0 Å². The quantitative estimate of drug-likeness (QED) is 0.822. The molecule has 0 radical (unpaired) electrons. The summed E-state index contributed by atoms with van der Waals surface area (Å²) in [6, 6.07) is 12.3. The third-order valence-corrected chi connectivity index (χ3v) is 4.64. The zero-order chi connectivity index (χ0) is 18.4. The summed E-state index contributed by atoms with van der Waals surface area (Å²) >= 11 is 0. The van der Waals surface area contributed by atoms with Crippen LogP contribution in [0.15, 0.2) is 36.4 Å². The second-order valence-electron chi connectivity index (χ2n) is 6.32. The van der Waals surface area contributed by atoms with E-state index in [0.29, 0.717) is 0 Å². The standard InChI is InChI=1S/C20H27N3O3/c1-15-5-4-6-20(22-15)21-14-17(23-9-11-26-12-10-23)16-7-8-18(24-2)19(13-16)25-3/h4-8,13,17H,9-12,14H2,1-3H3,(H,21,22). The van der Waals surface area contributed by atoms with Gasteiger partial charge >= 0.3 is 0 Å². The van der Waals surface area contributed by atoms with Crippen LogP contribution in [0.3, 0.4) is 0 Å². The number of hydrogen-bond donors (Lipinski definition) is 1. The first-order valence-electron chi connectivity index (χ1n) is 8.92. The Bertz CT molecular complexity index is 717. The van der Waals surface area contributed by atoms with Gasteiger partial charge in [-0.05, 0) is 36.8 Å². The highest BCUT2D eigenvalue weighted by molar-refractivity contribution is 5.44.